The van der Waals surface area contributed by atoms with Crippen LogP contribution in [0.4, 0.5) is 0 Å². The van der Waals surface area contributed by atoms with E-state index < -0.39 is 0 Å². The molecule has 2 rings (SSSR count). The van der Waals surface area contributed by atoms with Crippen molar-refractivity contribution in [2.45, 2.75) is 52.4 Å². The molecule has 2 aromatic rings. The summed E-state index contributed by atoms with van der Waals surface area (Å²) in [6.45, 7) is 4.87. The largest absolute Gasteiger partial charge is 0.465 e. The minimum absolute atomic E-state index is 0.208. The fourth-order valence-corrected chi connectivity index (χ4v) is 2.76. The summed E-state index contributed by atoms with van der Waals surface area (Å²) in [6.07, 6.45) is 3.39. The first-order chi connectivity index (χ1) is 13.5. The van der Waals surface area contributed by atoms with Crippen LogP contribution in [0.15, 0.2) is 48.5 Å². The molecule has 0 atom stereocenters. The molecule has 150 valence electrons. The van der Waals surface area contributed by atoms with Gasteiger partial charge in [0.1, 0.15) is 0 Å². The van der Waals surface area contributed by atoms with Gasteiger partial charge in [-0.3, -0.25) is 9.59 Å². The standard InChI is InChI=1S/C24H30O4/c1-19-7-11-21(12-8-19)15-17-27-23(25)5-3-4-6-24(26)28-18-16-22-13-9-20(2)10-14-22/h7-14H,3-6,15-18H2,1-2H3. The first-order valence-corrected chi connectivity index (χ1v) is 9.95. The second-order valence-electron chi connectivity index (χ2n) is 7.12. The van der Waals surface area contributed by atoms with Gasteiger partial charge in [-0.2, -0.15) is 0 Å². The second-order valence-corrected chi connectivity index (χ2v) is 7.12. The molecule has 0 saturated heterocycles. The molecule has 2 aromatic carbocycles. The lowest BCUT2D eigenvalue weighted by molar-refractivity contribution is -0.145. The van der Waals surface area contributed by atoms with Crippen LogP contribution in [0.25, 0.3) is 0 Å². The maximum Gasteiger partial charge on any atom is 0.305 e. The Morgan fingerprint density at radius 3 is 1.36 bits per heavy atom. The van der Waals surface area contributed by atoms with Crippen molar-refractivity contribution in [2.24, 2.45) is 0 Å². The molecule has 0 heterocycles. The van der Waals surface area contributed by atoms with Crippen molar-refractivity contribution >= 4 is 11.9 Å². The van der Waals surface area contributed by atoms with Crippen molar-refractivity contribution in [3.05, 3.63) is 70.8 Å². The Bertz CT molecular complexity index is 667. The van der Waals surface area contributed by atoms with Gasteiger partial charge in [0, 0.05) is 25.7 Å². The van der Waals surface area contributed by atoms with Gasteiger partial charge in [-0.25, -0.2) is 0 Å². The summed E-state index contributed by atoms with van der Waals surface area (Å²) in [7, 11) is 0. The van der Waals surface area contributed by atoms with Crippen LogP contribution in [0.3, 0.4) is 0 Å². The van der Waals surface area contributed by atoms with Crippen molar-refractivity contribution in [1.82, 2.24) is 0 Å². The predicted molar refractivity (Wildman–Crippen MR) is 110 cm³/mol. The number of hydrogen-bond acceptors (Lipinski definition) is 4. The molecule has 28 heavy (non-hydrogen) atoms. The Hall–Kier alpha value is -2.62. The fourth-order valence-electron chi connectivity index (χ4n) is 2.76. The van der Waals surface area contributed by atoms with Crippen molar-refractivity contribution in [3.8, 4) is 0 Å². The van der Waals surface area contributed by atoms with Crippen LogP contribution in [0.2, 0.25) is 0 Å². The molecule has 0 aliphatic rings. The molecule has 0 bridgehead atoms. The van der Waals surface area contributed by atoms with E-state index >= 15 is 0 Å². The highest BCUT2D eigenvalue weighted by Gasteiger charge is 2.06. The summed E-state index contributed by atoms with van der Waals surface area (Å²) in [5, 5.41) is 0. The monoisotopic (exact) mass is 382 g/mol. The van der Waals surface area contributed by atoms with Gasteiger partial charge < -0.3 is 9.47 Å². The smallest absolute Gasteiger partial charge is 0.305 e. The highest BCUT2D eigenvalue weighted by atomic mass is 16.5. The van der Waals surface area contributed by atoms with E-state index in [4.69, 9.17) is 9.47 Å². The van der Waals surface area contributed by atoms with Crippen molar-refractivity contribution < 1.29 is 19.1 Å². The fraction of sp³-hybridized carbons (Fsp3) is 0.417. The van der Waals surface area contributed by atoms with Crippen LogP contribution < -0.4 is 0 Å². The van der Waals surface area contributed by atoms with Crippen molar-refractivity contribution in [1.29, 1.82) is 0 Å². The minimum atomic E-state index is -0.208. The van der Waals surface area contributed by atoms with Crippen LogP contribution in [0.1, 0.15) is 47.9 Å². The second kappa shape index (κ2) is 12.0. The number of rotatable bonds is 11. The molecule has 0 saturated carbocycles. The Balaban J connectivity index is 1.48. The molecule has 4 nitrogen and oxygen atoms in total. The number of benzene rings is 2. The van der Waals surface area contributed by atoms with Crippen LogP contribution in [0.5, 0.6) is 0 Å². The van der Waals surface area contributed by atoms with Crippen LogP contribution in [-0.4, -0.2) is 25.2 Å². The number of carbonyl (C=O) groups is 2. The zero-order valence-corrected chi connectivity index (χ0v) is 16.9. The summed E-state index contributed by atoms with van der Waals surface area (Å²) in [6, 6.07) is 16.4. The Morgan fingerprint density at radius 1 is 0.643 bits per heavy atom. The summed E-state index contributed by atoms with van der Waals surface area (Å²) >= 11 is 0. The number of hydrogen-bond donors (Lipinski definition) is 0. The molecule has 0 radical (unpaired) electrons. The number of unbranched alkanes of at least 4 members (excludes halogenated alkanes) is 1. The van der Waals surface area contributed by atoms with Crippen molar-refractivity contribution in [2.75, 3.05) is 13.2 Å². The molecule has 0 amide bonds. The molecule has 0 spiro atoms. The van der Waals surface area contributed by atoms with Gasteiger partial charge in [0.15, 0.2) is 0 Å². The maximum absolute atomic E-state index is 11.7. The molecule has 4 heteroatoms. The van der Waals surface area contributed by atoms with E-state index in [0.717, 1.165) is 24.0 Å². The van der Waals surface area contributed by atoms with Gasteiger partial charge in [-0.15, -0.1) is 0 Å². The average molecular weight is 383 g/mol. The summed E-state index contributed by atoms with van der Waals surface area (Å²) in [4.78, 5) is 23.5. The molecule has 0 fully saturated rings. The quantitative estimate of drug-likeness (QED) is 0.416. The number of ether oxygens (including phenoxy) is 2. The highest BCUT2D eigenvalue weighted by Crippen LogP contribution is 2.07. The minimum Gasteiger partial charge on any atom is -0.465 e. The SMILES string of the molecule is Cc1ccc(CCOC(=O)CCCCC(=O)OCCc2ccc(C)cc2)cc1. The zero-order valence-electron chi connectivity index (χ0n) is 16.9. The lowest BCUT2D eigenvalue weighted by Gasteiger charge is -2.06. The summed E-state index contributed by atoms with van der Waals surface area (Å²) in [5.41, 5.74) is 4.75. The summed E-state index contributed by atoms with van der Waals surface area (Å²) < 4.78 is 10.5. The molecule has 0 N–H and O–H groups in total. The van der Waals surface area contributed by atoms with Gasteiger partial charge in [-0.1, -0.05) is 59.7 Å². The van der Waals surface area contributed by atoms with E-state index in [2.05, 4.69) is 24.3 Å². The number of carbonyl (C=O) groups excluding carboxylic acids is 2. The van der Waals surface area contributed by atoms with E-state index in [0.29, 0.717) is 38.9 Å². The third-order valence-corrected chi connectivity index (χ3v) is 4.56. The maximum atomic E-state index is 11.7. The Morgan fingerprint density at radius 2 is 1.00 bits per heavy atom. The van der Waals surface area contributed by atoms with Crippen molar-refractivity contribution in [3.63, 3.8) is 0 Å². The number of esters is 2. The Labute approximate surface area is 167 Å². The molecule has 0 aromatic heterocycles. The molecular weight excluding hydrogens is 352 g/mol. The van der Waals surface area contributed by atoms with Crippen LogP contribution in [-0.2, 0) is 31.9 Å². The normalized spacial score (nSPS) is 10.5. The molecule has 0 aliphatic heterocycles. The van der Waals surface area contributed by atoms with E-state index in [9.17, 15) is 9.59 Å². The van der Waals surface area contributed by atoms with E-state index in [1.54, 1.807) is 0 Å². The molecule has 0 aliphatic carbocycles. The van der Waals surface area contributed by atoms with E-state index in [1.807, 2.05) is 38.1 Å². The van der Waals surface area contributed by atoms with Gasteiger partial charge in [0.05, 0.1) is 13.2 Å². The lowest BCUT2D eigenvalue weighted by Crippen LogP contribution is -2.09. The lowest BCUT2D eigenvalue weighted by atomic mass is 10.1. The molecular formula is C24H30O4. The van der Waals surface area contributed by atoms with Crippen LogP contribution >= 0.6 is 0 Å². The zero-order chi connectivity index (χ0) is 20.2. The number of aryl methyl sites for hydroxylation is 2. The van der Waals surface area contributed by atoms with E-state index in [1.165, 1.54) is 11.1 Å². The summed E-state index contributed by atoms with van der Waals surface area (Å²) in [5.74, 6) is -0.417. The molecule has 0 unspecified atom stereocenters. The average Bonchev–Trinajstić information content (AvgIpc) is 2.68. The first kappa shape index (κ1) is 21.7. The van der Waals surface area contributed by atoms with Gasteiger partial charge in [0.25, 0.3) is 0 Å². The van der Waals surface area contributed by atoms with Gasteiger partial charge >= 0.3 is 11.9 Å². The topological polar surface area (TPSA) is 52.6 Å². The van der Waals surface area contributed by atoms with Crippen LogP contribution in [0, 0.1) is 13.8 Å². The first-order valence-electron chi connectivity index (χ1n) is 9.95. The van der Waals surface area contributed by atoms with Gasteiger partial charge in [-0.05, 0) is 37.8 Å². The van der Waals surface area contributed by atoms with Gasteiger partial charge in [0.2, 0.25) is 0 Å². The predicted octanol–water partition coefficient (Wildman–Crippen LogP) is 4.74. The highest BCUT2D eigenvalue weighted by molar-refractivity contribution is 5.70. The third-order valence-electron chi connectivity index (χ3n) is 4.56. The van der Waals surface area contributed by atoms with E-state index in [-0.39, 0.29) is 11.9 Å². The third kappa shape index (κ3) is 8.85. The Kier molecular flexibility index (Phi) is 9.26.